The number of anilines is 2. The van der Waals surface area contributed by atoms with E-state index in [1.807, 2.05) is 0 Å². The molecule has 0 bridgehead atoms. The standard InChI is InChI=1S/C24H17FN6O2/c25-15-2-1-3-16(11-15)28-24(33)14-6-9-18-19(10-14)31-23(30-18)21-22(26)27-12-20(29-21)13-4-7-17(32)8-5-13/h1-12,32H,(H2,26,27)(H,28,33)(H,30,31). The fourth-order valence-electron chi connectivity index (χ4n) is 3.38. The summed E-state index contributed by atoms with van der Waals surface area (Å²) in [6.45, 7) is 0. The van der Waals surface area contributed by atoms with Gasteiger partial charge in [-0.25, -0.2) is 19.3 Å². The van der Waals surface area contributed by atoms with E-state index in [4.69, 9.17) is 5.73 Å². The molecule has 0 unspecified atom stereocenters. The second-order valence-corrected chi connectivity index (χ2v) is 7.32. The number of phenols is 1. The molecule has 5 aromatic rings. The zero-order valence-electron chi connectivity index (χ0n) is 17.1. The van der Waals surface area contributed by atoms with Gasteiger partial charge in [0.1, 0.15) is 17.3 Å². The molecule has 9 heteroatoms. The van der Waals surface area contributed by atoms with Gasteiger partial charge in [0.05, 0.1) is 22.9 Å². The van der Waals surface area contributed by atoms with Crippen LogP contribution in [0.25, 0.3) is 33.8 Å². The molecule has 33 heavy (non-hydrogen) atoms. The van der Waals surface area contributed by atoms with Crippen LogP contribution in [0.3, 0.4) is 0 Å². The number of fused-ring (bicyclic) bond motifs is 1. The third-order valence-electron chi connectivity index (χ3n) is 5.01. The van der Waals surface area contributed by atoms with Gasteiger partial charge in [-0.15, -0.1) is 0 Å². The number of nitrogens with two attached hydrogens (primary N) is 1. The molecule has 2 heterocycles. The van der Waals surface area contributed by atoms with E-state index in [0.717, 1.165) is 5.56 Å². The molecule has 0 saturated carbocycles. The minimum atomic E-state index is -0.435. The summed E-state index contributed by atoms with van der Waals surface area (Å²) in [7, 11) is 0. The quantitative estimate of drug-likeness (QED) is 0.328. The Kier molecular flexibility index (Phi) is 4.91. The van der Waals surface area contributed by atoms with Gasteiger partial charge >= 0.3 is 0 Å². The van der Waals surface area contributed by atoms with Crippen LogP contribution in [0.4, 0.5) is 15.9 Å². The Labute approximate surface area is 187 Å². The molecule has 5 N–H and O–H groups in total. The molecule has 0 spiro atoms. The molecule has 0 aliphatic heterocycles. The van der Waals surface area contributed by atoms with E-state index in [-0.39, 0.29) is 17.5 Å². The van der Waals surface area contributed by atoms with Gasteiger partial charge in [0.2, 0.25) is 0 Å². The molecule has 162 valence electrons. The third-order valence-corrected chi connectivity index (χ3v) is 5.01. The highest BCUT2D eigenvalue weighted by Gasteiger charge is 2.15. The van der Waals surface area contributed by atoms with Crippen molar-refractivity contribution in [3.05, 3.63) is 84.3 Å². The molecule has 8 nitrogen and oxygen atoms in total. The number of amides is 1. The van der Waals surface area contributed by atoms with E-state index in [1.165, 1.54) is 18.2 Å². The van der Waals surface area contributed by atoms with E-state index >= 15 is 0 Å². The van der Waals surface area contributed by atoms with Gasteiger partial charge in [-0.1, -0.05) is 6.07 Å². The zero-order chi connectivity index (χ0) is 22.9. The van der Waals surface area contributed by atoms with Crippen LogP contribution >= 0.6 is 0 Å². The second-order valence-electron chi connectivity index (χ2n) is 7.32. The number of phenolic OH excluding ortho intramolecular Hbond substituents is 1. The van der Waals surface area contributed by atoms with Crippen LogP contribution in [0.15, 0.2) is 72.9 Å². The Morgan fingerprint density at radius 3 is 2.64 bits per heavy atom. The number of halogens is 1. The van der Waals surface area contributed by atoms with Crippen LogP contribution in [-0.4, -0.2) is 30.9 Å². The fourth-order valence-corrected chi connectivity index (χ4v) is 3.38. The number of benzene rings is 3. The fraction of sp³-hybridized carbons (Fsp3) is 0. The number of hydrogen-bond donors (Lipinski definition) is 4. The predicted molar refractivity (Wildman–Crippen MR) is 123 cm³/mol. The third kappa shape index (κ3) is 4.07. The average Bonchev–Trinajstić information content (AvgIpc) is 3.23. The number of nitrogens with one attached hydrogen (secondary N) is 2. The topological polar surface area (TPSA) is 130 Å². The summed E-state index contributed by atoms with van der Waals surface area (Å²) in [4.78, 5) is 29.1. The maximum atomic E-state index is 13.4. The Morgan fingerprint density at radius 1 is 1.03 bits per heavy atom. The molecule has 0 radical (unpaired) electrons. The first-order chi connectivity index (χ1) is 16.0. The van der Waals surface area contributed by atoms with Gasteiger partial charge in [-0.05, 0) is 60.7 Å². The van der Waals surface area contributed by atoms with Gasteiger partial charge in [-0.2, -0.15) is 0 Å². The molecule has 1 amide bonds. The van der Waals surface area contributed by atoms with Gasteiger partial charge in [0, 0.05) is 16.8 Å². The minimum Gasteiger partial charge on any atom is -0.508 e. The SMILES string of the molecule is Nc1ncc(-c2ccc(O)cc2)nc1-c1nc2ccc(C(=O)Nc3cccc(F)c3)cc2[nH]1. The van der Waals surface area contributed by atoms with Gasteiger partial charge in [0.25, 0.3) is 5.91 Å². The first-order valence-corrected chi connectivity index (χ1v) is 9.95. The largest absolute Gasteiger partial charge is 0.508 e. The molecule has 0 aliphatic carbocycles. The number of hydrogen-bond acceptors (Lipinski definition) is 6. The average molecular weight is 440 g/mol. The van der Waals surface area contributed by atoms with Crippen molar-refractivity contribution in [3.63, 3.8) is 0 Å². The first kappa shape index (κ1) is 20.1. The van der Waals surface area contributed by atoms with E-state index in [9.17, 15) is 14.3 Å². The molecule has 3 aromatic carbocycles. The molecule has 0 atom stereocenters. The van der Waals surface area contributed by atoms with Crippen molar-refractivity contribution in [2.45, 2.75) is 0 Å². The van der Waals surface area contributed by atoms with Gasteiger partial charge < -0.3 is 21.1 Å². The van der Waals surface area contributed by atoms with Crippen molar-refractivity contribution >= 4 is 28.4 Å². The van der Waals surface area contributed by atoms with E-state index in [0.29, 0.717) is 39.5 Å². The summed E-state index contributed by atoms with van der Waals surface area (Å²) in [5.74, 6) is -0.0714. The number of aromatic hydroxyl groups is 1. The van der Waals surface area contributed by atoms with E-state index in [2.05, 4.69) is 25.3 Å². The zero-order valence-corrected chi connectivity index (χ0v) is 17.1. The Hall–Kier alpha value is -4.79. The molecular formula is C24H17FN6O2. The van der Waals surface area contributed by atoms with Crippen LogP contribution in [0, 0.1) is 5.82 Å². The number of rotatable bonds is 4. The second kappa shape index (κ2) is 8.04. The summed E-state index contributed by atoms with van der Waals surface area (Å²) < 4.78 is 13.4. The predicted octanol–water partition coefficient (Wildman–Crippen LogP) is 4.37. The number of carbonyl (C=O) groups excluding carboxylic acids is 1. The maximum Gasteiger partial charge on any atom is 0.255 e. The minimum absolute atomic E-state index is 0.150. The Morgan fingerprint density at radius 2 is 1.85 bits per heavy atom. The lowest BCUT2D eigenvalue weighted by molar-refractivity contribution is 0.102. The number of H-pyrrole nitrogens is 1. The van der Waals surface area contributed by atoms with Crippen molar-refractivity contribution < 1.29 is 14.3 Å². The number of carbonyl (C=O) groups is 1. The summed E-state index contributed by atoms with van der Waals surface area (Å²) in [5.41, 5.74) is 9.69. The molecule has 5 rings (SSSR count). The normalized spacial score (nSPS) is 10.9. The molecule has 0 aliphatic rings. The van der Waals surface area contributed by atoms with E-state index < -0.39 is 5.82 Å². The summed E-state index contributed by atoms with van der Waals surface area (Å²) in [5, 5.41) is 12.2. The summed E-state index contributed by atoms with van der Waals surface area (Å²) in [6.07, 6.45) is 1.54. The van der Waals surface area contributed by atoms with Crippen LogP contribution in [0.5, 0.6) is 5.75 Å². The maximum absolute atomic E-state index is 13.4. The monoisotopic (exact) mass is 440 g/mol. The number of aromatic amines is 1. The van der Waals surface area contributed by atoms with Crippen molar-refractivity contribution in [1.82, 2.24) is 19.9 Å². The van der Waals surface area contributed by atoms with Crippen molar-refractivity contribution in [3.8, 4) is 28.5 Å². The van der Waals surface area contributed by atoms with Crippen LogP contribution in [-0.2, 0) is 0 Å². The van der Waals surface area contributed by atoms with Crippen LogP contribution in [0.2, 0.25) is 0 Å². The van der Waals surface area contributed by atoms with Crippen molar-refractivity contribution in [1.29, 1.82) is 0 Å². The van der Waals surface area contributed by atoms with Crippen molar-refractivity contribution in [2.75, 3.05) is 11.1 Å². The molecule has 2 aromatic heterocycles. The highest BCUT2D eigenvalue weighted by atomic mass is 19.1. The summed E-state index contributed by atoms with van der Waals surface area (Å²) >= 11 is 0. The van der Waals surface area contributed by atoms with Gasteiger partial charge in [-0.3, -0.25) is 4.79 Å². The Balaban J connectivity index is 1.47. The van der Waals surface area contributed by atoms with Crippen LogP contribution < -0.4 is 11.1 Å². The molecule has 0 fully saturated rings. The lowest BCUT2D eigenvalue weighted by atomic mass is 10.1. The number of nitrogen functional groups attached to an aromatic ring is 1. The van der Waals surface area contributed by atoms with E-state index in [1.54, 1.807) is 54.7 Å². The van der Waals surface area contributed by atoms with Gasteiger partial charge in [0.15, 0.2) is 11.6 Å². The highest BCUT2D eigenvalue weighted by Crippen LogP contribution is 2.27. The number of nitrogens with zero attached hydrogens (tertiary/aromatic N) is 3. The Bertz CT molecular complexity index is 1500. The molecule has 0 saturated heterocycles. The van der Waals surface area contributed by atoms with Crippen LogP contribution in [0.1, 0.15) is 10.4 Å². The smallest absolute Gasteiger partial charge is 0.255 e. The lowest BCUT2D eigenvalue weighted by Gasteiger charge is -2.05. The first-order valence-electron chi connectivity index (χ1n) is 9.95. The summed E-state index contributed by atoms with van der Waals surface area (Å²) in [6, 6.07) is 17.2. The molecular weight excluding hydrogens is 423 g/mol. The lowest BCUT2D eigenvalue weighted by Crippen LogP contribution is -2.11. The highest BCUT2D eigenvalue weighted by molar-refractivity contribution is 6.06. The number of aromatic nitrogens is 4. The van der Waals surface area contributed by atoms with Crippen molar-refractivity contribution in [2.24, 2.45) is 0 Å². The number of imidazole rings is 1.